The molecule has 2 heteroatoms. The van der Waals surface area contributed by atoms with Crippen LogP contribution in [0.3, 0.4) is 0 Å². The molecule has 1 rings (SSSR count). The SMILES string of the molecule is CCC(Cc1ccccc1)NCC(O)(CC)CC. The predicted octanol–water partition coefficient (Wildman–Crippen LogP) is 3.15. The first-order valence-corrected chi connectivity index (χ1v) is 7.13. The zero-order valence-electron chi connectivity index (χ0n) is 11.9. The maximum Gasteiger partial charge on any atom is 0.0766 e. The molecule has 0 saturated heterocycles. The fourth-order valence-electron chi connectivity index (χ4n) is 2.09. The van der Waals surface area contributed by atoms with Crippen LogP contribution in [0, 0.1) is 0 Å². The second-order valence-corrected chi connectivity index (χ2v) is 5.11. The minimum atomic E-state index is -0.551. The van der Waals surface area contributed by atoms with Gasteiger partial charge >= 0.3 is 0 Å². The third-order valence-corrected chi connectivity index (χ3v) is 3.85. The van der Waals surface area contributed by atoms with Crippen LogP contribution in [-0.4, -0.2) is 23.3 Å². The van der Waals surface area contributed by atoms with Crippen LogP contribution in [0.5, 0.6) is 0 Å². The van der Waals surface area contributed by atoms with E-state index in [1.54, 1.807) is 0 Å². The molecule has 18 heavy (non-hydrogen) atoms. The van der Waals surface area contributed by atoms with E-state index in [2.05, 4.69) is 36.5 Å². The predicted molar refractivity (Wildman–Crippen MR) is 77.8 cm³/mol. The highest BCUT2D eigenvalue weighted by atomic mass is 16.3. The van der Waals surface area contributed by atoms with E-state index in [0.717, 1.165) is 25.7 Å². The summed E-state index contributed by atoms with van der Waals surface area (Å²) in [6.07, 6.45) is 3.72. The van der Waals surface area contributed by atoms with E-state index in [-0.39, 0.29) is 0 Å². The first-order chi connectivity index (χ1) is 8.63. The molecule has 0 bridgehead atoms. The second-order valence-electron chi connectivity index (χ2n) is 5.11. The summed E-state index contributed by atoms with van der Waals surface area (Å²) in [6.45, 7) is 6.97. The molecule has 0 amide bonds. The van der Waals surface area contributed by atoms with E-state index in [9.17, 15) is 5.11 Å². The first-order valence-electron chi connectivity index (χ1n) is 7.13. The minimum absolute atomic E-state index is 0.442. The normalized spacial score (nSPS) is 13.6. The summed E-state index contributed by atoms with van der Waals surface area (Å²) in [4.78, 5) is 0. The van der Waals surface area contributed by atoms with E-state index >= 15 is 0 Å². The molecule has 2 nitrogen and oxygen atoms in total. The maximum absolute atomic E-state index is 10.3. The van der Waals surface area contributed by atoms with Crippen molar-refractivity contribution in [2.75, 3.05) is 6.54 Å². The van der Waals surface area contributed by atoms with Crippen LogP contribution in [0.25, 0.3) is 0 Å². The van der Waals surface area contributed by atoms with Gasteiger partial charge in [-0.25, -0.2) is 0 Å². The number of aliphatic hydroxyl groups is 1. The number of hydrogen-bond donors (Lipinski definition) is 2. The van der Waals surface area contributed by atoms with Crippen LogP contribution in [0.15, 0.2) is 30.3 Å². The van der Waals surface area contributed by atoms with Gasteiger partial charge in [-0.1, -0.05) is 51.1 Å². The Kier molecular flexibility index (Phi) is 6.37. The van der Waals surface area contributed by atoms with Gasteiger partial charge in [0.15, 0.2) is 0 Å². The molecule has 0 heterocycles. The highest BCUT2D eigenvalue weighted by molar-refractivity contribution is 5.15. The number of nitrogens with one attached hydrogen (secondary N) is 1. The fraction of sp³-hybridized carbons (Fsp3) is 0.625. The molecule has 102 valence electrons. The van der Waals surface area contributed by atoms with Gasteiger partial charge in [-0.15, -0.1) is 0 Å². The van der Waals surface area contributed by atoms with E-state index < -0.39 is 5.60 Å². The monoisotopic (exact) mass is 249 g/mol. The van der Waals surface area contributed by atoms with Gasteiger partial charge in [0.25, 0.3) is 0 Å². The molecule has 0 fully saturated rings. The van der Waals surface area contributed by atoms with Gasteiger partial charge in [-0.05, 0) is 31.2 Å². The van der Waals surface area contributed by atoms with Gasteiger partial charge in [0.05, 0.1) is 5.60 Å². The molecular formula is C16H27NO. The summed E-state index contributed by atoms with van der Waals surface area (Å²) in [5.41, 5.74) is 0.804. The Bertz CT molecular complexity index is 319. The van der Waals surface area contributed by atoms with Crippen LogP contribution in [-0.2, 0) is 6.42 Å². The Hall–Kier alpha value is -0.860. The highest BCUT2D eigenvalue weighted by Gasteiger charge is 2.22. The summed E-state index contributed by atoms with van der Waals surface area (Å²) in [5, 5.41) is 13.8. The molecule has 0 aliphatic heterocycles. The summed E-state index contributed by atoms with van der Waals surface area (Å²) in [7, 11) is 0. The van der Waals surface area contributed by atoms with Crippen molar-refractivity contribution in [1.29, 1.82) is 0 Å². The van der Waals surface area contributed by atoms with Gasteiger partial charge in [-0.3, -0.25) is 0 Å². The van der Waals surface area contributed by atoms with Crippen molar-refractivity contribution in [2.24, 2.45) is 0 Å². The van der Waals surface area contributed by atoms with Gasteiger partial charge in [0, 0.05) is 12.6 Å². The average Bonchev–Trinajstić information content (AvgIpc) is 2.44. The Morgan fingerprint density at radius 1 is 1.11 bits per heavy atom. The lowest BCUT2D eigenvalue weighted by Gasteiger charge is -2.28. The van der Waals surface area contributed by atoms with E-state index in [4.69, 9.17) is 0 Å². The molecule has 0 spiro atoms. The Balaban J connectivity index is 2.48. The van der Waals surface area contributed by atoms with E-state index in [1.807, 2.05) is 19.9 Å². The van der Waals surface area contributed by atoms with Crippen molar-refractivity contribution in [2.45, 2.75) is 58.1 Å². The summed E-state index contributed by atoms with van der Waals surface area (Å²) in [5.74, 6) is 0. The highest BCUT2D eigenvalue weighted by Crippen LogP contribution is 2.14. The molecule has 0 saturated carbocycles. The second kappa shape index (κ2) is 7.55. The molecule has 0 aliphatic rings. The Labute approximate surface area is 111 Å². The molecule has 0 aromatic heterocycles. The average molecular weight is 249 g/mol. The number of rotatable bonds is 8. The Morgan fingerprint density at radius 2 is 1.72 bits per heavy atom. The van der Waals surface area contributed by atoms with Crippen LogP contribution in [0.4, 0.5) is 0 Å². The number of hydrogen-bond acceptors (Lipinski definition) is 2. The van der Waals surface area contributed by atoms with Crippen molar-refractivity contribution in [3.8, 4) is 0 Å². The van der Waals surface area contributed by atoms with Crippen molar-refractivity contribution in [3.63, 3.8) is 0 Å². The van der Waals surface area contributed by atoms with Gasteiger partial charge in [-0.2, -0.15) is 0 Å². The lowest BCUT2D eigenvalue weighted by molar-refractivity contribution is 0.0297. The smallest absolute Gasteiger partial charge is 0.0766 e. The molecule has 2 N–H and O–H groups in total. The summed E-state index contributed by atoms with van der Waals surface area (Å²) >= 11 is 0. The third kappa shape index (κ3) is 4.79. The summed E-state index contributed by atoms with van der Waals surface area (Å²) < 4.78 is 0. The van der Waals surface area contributed by atoms with Crippen molar-refractivity contribution >= 4 is 0 Å². The molecule has 0 radical (unpaired) electrons. The lowest BCUT2D eigenvalue weighted by atomic mass is 9.96. The largest absolute Gasteiger partial charge is 0.389 e. The van der Waals surface area contributed by atoms with Crippen LogP contribution < -0.4 is 5.32 Å². The number of benzene rings is 1. The van der Waals surface area contributed by atoms with Crippen molar-refractivity contribution in [1.82, 2.24) is 5.32 Å². The quantitative estimate of drug-likeness (QED) is 0.742. The van der Waals surface area contributed by atoms with Crippen molar-refractivity contribution in [3.05, 3.63) is 35.9 Å². The first kappa shape index (κ1) is 15.2. The molecule has 1 aromatic carbocycles. The zero-order chi connectivity index (χ0) is 13.4. The van der Waals surface area contributed by atoms with Crippen LogP contribution in [0.2, 0.25) is 0 Å². The molecule has 0 aliphatic carbocycles. The van der Waals surface area contributed by atoms with Crippen LogP contribution >= 0.6 is 0 Å². The topological polar surface area (TPSA) is 32.3 Å². The molecule has 1 unspecified atom stereocenters. The molecular weight excluding hydrogens is 222 g/mol. The maximum atomic E-state index is 10.3. The fourth-order valence-corrected chi connectivity index (χ4v) is 2.09. The molecule has 1 atom stereocenters. The lowest BCUT2D eigenvalue weighted by Crippen LogP contribution is -2.44. The van der Waals surface area contributed by atoms with Gasteiger partial charge < -0.3 is 10.4 Å². The van der Waals surface area contributed by atoms with Crippen LogP contribution in [0.1, 0.15) is 45.6 Å². The van der Waals surface area contributed by atoms with E-state index in [0.29, 0.717) is 12.6 Å². The Morgan fingerprint density at radius 3 is 2.22 bits per heavy atom. The zero-order valence-corrected chi connectivity index (χ0v) is 11.9. The summed E-state index contributed by atoms with van der Waals surface area (Å²) in [6, 6.07) is 11.0. The molecule has 1 aromatic rings. The van der Waals surface area contributed by atoms with Crippen molar-refractivity contribution < 1.29 is 5.11 Å². The minimum Gasteiger partial charge on any atom is -0.389 e. The van der Waals surface area contributed by atoms with E-state index in [1.165, 1.54) is 5.56 Å². The standard InChI is InChI=1S/C16H27NO/c1-4-15(12-14-10-8-7-9-11-14)17-13-16(18,5-2)6-3/h7-11,15,17-18H,4-6,12-13H2,1-3H3. The van der Waals surface area contributed by atoms with Gasteiger partial charge in [0.2, 0.25) is 0 Å². The third-order valence-electron chi connectivity index (χ3n) is 3.85. The van der Waals surface area contributed by atoms with Gasteiger partial charge in [0.1, 0.15) is 0 Å².